The van der Waals surface area contributed by atoms with Crippen LogP contribution in [0.3, 0.4) is 0 Å². The van der Waals surface area contributed by atoms with E-state index in [1.165, 1.54) is 13.0 Å². The minimum atomic E-state index is -0.973. The van der Waals surface area contributed by atoms with Gasteiger partial charge in [0.1, 0.15) is 5.82 Å². The number of carboxylic acid groups (broad SMARTS) is 1. The molecule has 6 heteroatoms. The van der Waals surface area contributed by atoms with E-state index in [9.17, 15) is 9.59 Å². The molecule has 1 aliphatic heterocycles. The number of carboxylic acids is 1. The van der Waals surface area contributed by atoms with Crippen molar-refractivity contribution in [3.05, 3.63) is 30.0 Å². The number of rotatable bonds is 4. The van der Waals surface area contributed by atoms with Crippen molar-refractivity contribution in [2.45, 2.75) is 25.8 Å². The maximum Gasteiger partial charge on any atom is 0.328 e. The van der Waals surface area contributed by atoms with Gasteiger partial charge in [0, 0.05) is 38.3 Å². The predicted octanol–water partition coefficient (Wildman–Crippen LogP) is 1.28. The zero-order valence-electron chi connectivity index (χ0n) is 12.0. The number of nitrogens with one attached hydrogen (secondary N) is 1. The third-order valence-electron chi connectivity index (χ3n) is 3.42. The molecule has 0 radical (unpaired) electrons. The minimum absolute atomic E-state index is 0.0149. The number of anilines is 1. The molecule has 0 aliphatic carbocycles. The second-order valence-electron chi connectivity index (χ2n) is 5.08. The number of hydrogen-bond donors (Lipinski definition) is 2. The molecule has 0 saturated carbocycles. The van der Waals surface area contributed by atoms with Gasteiger partial charge in [0.2, 0.25) is 5.91 Å². The molecule has 1 aromatic heterocycles. The lowest BCUT2D eigenvalue weighted by Crippen LogP contribution is -2.44. The van der Waals surface area contributed by atoms with Crippen LogP contribution in [0.2, 0.25) is 0 Å². The van der Waals surface area contributed by atoms with Crippen molar-refractivity contribution in [2.24, 2.45) is 0 Å². The lowest BCUT2D eigenvalue weighted by atomic mass is 10.0. The Morgan fingerprint density at radius 3 is 2.62 bits per heavy atom. The molecule has 0 atom stereocenters. The van der Waals surface area contributed by atoms with Gasteiger partial charge in [0.25, 0.3) is 0 Å². The Bertz CT molecular complexity index is 532. The maximum absolute atomic E-state index is 11.0. The number of aromatic nitrogens is 1. The molecule has 21 heavy (non-hydrogen) atoms. The Labute approximate surface area is 123 Å². The molecular weight excluding hydrogens is 270 g/mol. The molecule has 1 amide bonds. The number of aliphatic carboxylic acids is 1. The van der Waals surface area contributed by atoms with Crippen LogP contribution in [-0.4, -0.2) is 41.1 Å². The van der Waals surface area contributed by atoms with Crippen LogP contribution in [0.25, 0.3) is 6.08 Å². The Hall–Kier alpha value is -2.37. The molecule has 0 aromatic carbocycles. The largest absolute Gasteiger partial charge is 0.478 e. The fraction of sp³-hybridized carbons (Fsp3) is 0.400. The summed E-state index contributed by atoms with van der Waals surface area (Å²) in [5, 5.41) is 11.5. The first-order chi connectivity index (χ1) is 10.0. The Morgan fingerprint density at radius 2 is 2.10 bits per heavy atom. The van der Waals surface area contributed by atoms with Gasteiger partial charge in [-0.15, -0.1) is 0 Å². The SMILES string of the molecule is CC(=O)NC1CCN(c2ccc(/C=C/C(=O)O)cn2)CC1. The summed E-state index contributed by atoms with van der Waals surface area (Å²) in [6.45, 7) is 3.24. The lowest BCUT2D eigenvalue weighted by Gasteiger charge is -2.33. The van der Waals surface area contributed by atoms with Gasteiger partial charge < -0.3 is 15.3 Å². The van der Waals surface area contributed by atoms with Crippen LogP contribution in [0.15, 0.2) is 24.4 Å². The van der Waals surface area contributed by atoms with E-state index >= 15 is 0 Å². The van der Waals surface area contributed by atoms with E-state index in [0.717, 1.165) is 43.4 Å². The number of carbonyl (C=O) groups is 2. The molecule has 112 valence electrons. The van der Waals surface area contributed by atoms with Gasteiger partial charge in [0.15, 0.2) is 0 Å². The van der Waals surface area contributed by atoms with Crippen LogP contribution in [0.1, 0.15) is 25.3 Å². The highest BCUT2D eigenvalue weighted by Gasteiger charge is 2.20. The monoisotopic (exact) mass is 289 g/mol. The minimum Gasteiger partial charge on any atom is -0.478 e. The Kier molecular flexibility index (Phi) is 4.92. The molecule has 2 heterocycles. The number of carbonyl (C=O) groups excluding carboxylic acids is 1. The van der Waals surface area contributed by atoms with Gasteiger partial charge in [0.05, 0.1) is 0 Å². The van der Waals surface area contributed by atoms with Crippen LogP contribution >= 0.6 is 0 Å². The average Bonchev–Trinajstić information content (AvgIpc) is 2.46. The van der Waals surface area contributed by atoms with Crippen molar-refractivity contribution in [1.82, 2.24) is 10.3 Å². The van der Waals surface area contributed by atoms with Crippen LogP contribution in [0, 0.1) is 0 Å². The first-order valence-corrected chi connectivity index (χ1v) is 6.93. The lowest BCUT2D eigenvalue weighted by molar-refractivity contribution is -0.131. The van der Waals surface area contributed by atoms with Crippen LogP contribution in [0.4, 0.5) is 5.82 Å². The summed E-state index contributed by atoms with van der Waals surface area (Å²) in [6.07, 6.45) is 6.08. The summed E-state index contributed by atoms with van der Waals surface area (Å²) in [5.74, 6) is -0.0796. The number of pyridine rings is 1. The molecular formula is C15H19N3O3. The highest BCUT2D eigenvalue weighted by molar-refractivity contribution is 5.85. The third kappa shape index (κ3) is 4.59. The second-order valence-corrected chi connectivity index (χ2v) is 5.08. The number of amides is 1. The number of nitrogens with zero attached hydrogens (tertiary/aromatic N) is 2. The van der Waals surface area contributed by atoms with Crippen molar-refractivity contribution < 1.29 is 14.7 Å². The van der Waals surface area contributed by atoms with E-state index < -0.39 is 5.97 Å². The van der Waals surface area contributed by atoms with Crippen molar-refractivity contribution in [2.75, 3.05) is 18.0 Å². The van der Waals surface area contributed by atoms with Crippen molar-refractivity contribution >= 4 is 23.8 Å². The Morgan fingerprint density at radius 1 is 1.38 bits per heavy atom. The summed E-state index contributed by atoms with van der Waals surface area (Å²) in [6, 6.07) is 3.98. The standard InChI is InChI=1S/C15H19N3O3/c1-11(19)17-13-6-8-18(9-7-13)14-4-2-12(10-16-14)3-5-15(20)21/h2-5,10,13H,6-9H2,1H3,(H,17,19)(H,20,21)/b5-3+. The van der Waals surface area contributed by atoms with Gasteiger partial charge in [-0.25, -0.2) is 9.78 Å². The quantitative estimate of drug-likeness (QED) is 0.816. The van der Waals surface area contributed by atoms with Gasteiger partial charge in [-0.2, -0.15) is 0 Å². The number of hydrogen-bond acceptors (Lipinski definition) is 4. The molecule has 1 aliphatic rings. The zero-order valence-corrected chi connectivity index (χ0v) is 12.0. The normalized spacial score (nSPS) is 16.1. The molecule has 0 spiro atoms. The summed E-state index contributed by atoms with van der Waals surface area (Å²) < 4.78 is 0. The van der Waals surface area contributed by atoms with E-state index in [1.54, 1.807) is 6.20 Å². The van der Waals surface area contributed by atoms with E-state index in [0.29, 0.717) is 0 Å². The zero-order chi connectivity index (χ0) is 15.2. The molecule has 1 fully saturated rings. The molecule has 2 N–H and O–H groups in total. The molecule has 1 saturated heterocycles. The summed E-state index contributed by atoms with van der Waals surface area (Å²) in [7, 11) is 0. The molecule has 0 bridgehead atoms. The second kappa shape index (κ2) is 6.88. The van der Waals surface area contributed by atoms with E-state index in [2.05, 4.69) is 15.2 Å². The fourth-order valence-corrected chi connectivity index (χ4v) is 2.39. The highest BCUT2D eigenvalue weighted by atomic mass is 16.4. The summed E-state index contributed by atoms with van der Waals surface area (Å²) in [5.41, 5.74) is 0.759. The van der Waals surface area contributed by atoms with Crippen LogP contribution in [0.5, 0.6) is 0 Å². The van der Waals surface area contributed by atoms with E-state index in [-0.39, 0.29) is 11.9 Å². The van der Waals surface area contributed by atoms with Gasteiger partial charge >= 0.3 is 5.97 Å². The van der Waals surface area contributed by atoms with Gasteiger partial charge in [-0.3, -0.25) is 4.79 Å². The topological polar surface area (TPSA) is 82.5 Å². The first kappa shape index (κ1) is 15.0. The number of piperidine rings is 1. The maximum atomic E-state index is 11.0. The molecule has 6 nitrogen and oxygen atoms in total. The van der Waals surface area contributed by atoms with Crippen molar-refractivity contribution in [3.8, 4) is 0 Å². The van der Waals surface area contributed by atoms with Gasteiger partial charge in [-0.1, -0.05) is 0 Å². The van der Waals surface area contributed by atoms with Crippen LogP contribution in [-0.2, 0) is 9.59 Å². The molecule has 0 unspecified atom stereocenters. The van der Waals surface area contributed by atoms with E-state index in [1.807, 2.05) is 12.1 Å². The Balaban J connectivity index is 1.92. The summed E-state index contributed by atoms with van der Waals surface area (Å²) in [4.78, 5) is 28.0. The van der Waals surface area contributed by atoms with Gasteiger partial charge in [-0.05, 0) is 36.6 Å². The smallest absolute Gasteiger partial charge is 0.328 e. The molecule has 2 rings (SSSR count). The summed E-state index contributed by atoms with van der Waals surface area (Å²) >= 11 is 0. The van der Waals surface area contributed by atoms with Crippen molar-refractivity contribution in [3.63, 3.8) is 0 Å². The third-order valence-corrected chi connectivity index (χ3v) is 3.42. The van der Waals surface area contributed by atoms with E-state index in [4.69, 9.17) is 5.11 Å². The first-order valence-electron chi connectivity index (χ1n) is 6.93. The predicted molar refractivity (Wildman–Crippen MR) is 80.0 cm³/mol. The molecule has 1 aromatic rings. The fourth-order valence-electron chi connectivity index (χ4n) is 2.39. The average molecular weight is 289 g/mol. The highest BCUT2D eigenvalue weighted by Crippen LogP contribution is 2.18. The van der Waals surface area contributed by atoms with Crippen molar-refractivity contribution in [1.29, 1.82) is 0 Å². The van der Waals surface area contributed by atoms with Crippen LogP contribution < -0.4 is 10.2 Å².